The molecule has 1 unspecified atom stereocenters. The number of hydrogen-bond acceptors (Lipinski definition) is 7. The molecular formula is C16H20N2O4S2. The molecule has 24 heavy (non-hydrogen) atoms. The van der Waals surface area contributed by atoms with Crippen LogP contribution in [-0.2, 0) is 9.57 Å². The molecule has 130 valence electrons. The van der Waals surface area contributed by atoms with E-state index in [1.165, 1.54) is 16.1 Å². The average Bonchev–Trinajstić information content (AvgIpc) is 2.97. The van der Waals surface area contributed by atoms with Crippen LogP contribution in [0.15, 0.2) is 35.5 Å². The minimum atomic E-state index is -0.819. The molecule has 1 fully saturated rings. The van der Waals surface area contributed by atoms with E-state index in [4.69, 9.17) is 9.57 Å². The fourth-order valence-electron chi connectivity index (χ4n) is 1.99. The second kappa shape index (κ2) is 8.04. The number of amides is 1. The molecule has 0 N–H and O–H groups in total. The maximum Gasteiger partial charge on any atom is 0.445 e. The first-order valence-corrected chi connectivity index (χ1v) is 9.13. The minimum Gasteiger partial charge on any atom is -0.361 e. The van der Waals surface area contributed by atoms with Crippen molar-refractivity contribution >= 4 is 40.6 Å². The Bertz CT molecular complexity index is 634. The van der Waals surface area contributed by atoms with Crippen molar-refractivity contribution in [3.8, 4) is 0 Å². The van der Waals surface area contributed by atoms with Crippen molar-refractivity contribution in [1.82, 2.24) is 4.31 Å². The summed E-state index contributed by atoms with van der Waals surface area (Å²) in [5, 5.41) is 4.45. The first-order valence-electron chi connectivity index (χ1n) is 7.37. The first-order chi connectivity index (χ1) is 11.3. The summed E-state index contributed by atoms with van der Waals surface area (Å²) in [7, 11) is 1.55. The zero-order chi connectivity index (χ0) is 17.7. The third-order valence-electron chi connectivity index (χ3n) is 3.29. The number of benzene rings is 1. The largest absolute Gasteiger partial charge is 0.445 e. The van der Waals surface area contributed by atoms with Gasteiger partial charge >= 0.3 is 6.09 Å². The lowest BCUT2D eigenvalue weighted by Crippen LogP contribution is -2.34. The molecule has 1 aliphatic heterocycles. The summed E-state index contributed by atoms with van der Waals surface area (Å²) in [6.45, 7) is 5.38. The van der Waals surface area contributed by atoms with Crippen molar-refractivity contribution < 1.29 is 19.2 Å². The van der Waals surface area contributed by atoms with E-state index in [-0.39, 0.29) is 11.9 Å². The molecule has 0 bridgehead atoms. The van der Waals surface area contributed by atoms with Crippen LogP contribution in [0.2, 0.25) is 0 Å². The van der Waals surface area contributed by atoms with E-state index in [2.05, 4.69) is 5.16 Å². The standard InChI is InChI=1S/C16H20N2O4S2/c1-11-14(23-10-21-11)17-22-15(20)18(4)24-16(2,3)13(19)12-8-6-5-7-9-12/h5-9,11H,10H2,1-4H3. The van der Waals surface area contributed by atoms with Gasteiger partial charge in [0.1, 0.15) is 11.1 Å². The predicted molar refractivity (Wildman–Crippen MR) is 97.1 cm³/mol. The van der Waals surface area contributed by atoms with Crippen molar-refractivity contribution in [3.05, 3.63) is 35.9 Å². The second-order valence-corrected chi connectivity index (χ2v) is 8.35. The summed E-state index contributed by atoms with van der Waals surface area (Å²) < 4.78 is 5.75. The molecule has 1 aromatic rings. The van der Waals surface area contributed by atoms with Crippen molar-refractivity contribution in [3.63, 3.8) is 0 Å². The number of carbonyl (C=O) groups excluding carboxylic acids is 2. The summed E-state index contributed by atoms with van der Waals surface area (Å²) in [6, 6.07) is 8.99. The molecule has 1 saturated heterocycles. The van der Waals surface area contributed by atoms with Gasteiger partial charge in [0.2, 0.25) is 0 Å². The number of carbonyl (C=O) groups is 2. The van der Waals surface area contributed by atoms with Crippen LogP contribution in [0.4, 0.5) is 4.79 Å². The number of Topliss-reactive ketones (excluding diaryl/α,β-unsaturated/α-hetero) is 1. The van der Waals surface area contributed by atoms with Crippen LogP contribution in [0.1, 0.15) is 31.1 Å². The van der Waals surface area contributed by atoms with Gasteiger partial charge in [0.25, 0.3) is 0 Å². The highest BCUT2D eigenvalue weighted by Crippen LogP contribution is 2.31. The SMILES string of the molecule is CC1OCSC1=NOC(=O)N(C)SC(C)(C)C(=O)c1ccccc1. The number of oxime groups is 1. The third-order valence-corrected chi connectivity index (χ3v) is 5.31. The van der Waals surface area contributed by atoms with Crippen LogP contribution in [0.5, 0.6) is 0 Å². The van der Waals surface area contributed by atoms with E-state index in [1.54, 1.807) is 33.0 Å². The molecule has 0 spiro atoms. The highest BCUT2D eigenvalue weighted by Gasteiger charge is 2.33. The van der Waals surface area contributed by atoms with Gasteiger partial charge in [-0.1, -0.05) is 47.2 Å². The molecular weight excluding hydrogens is 348 g/mol. The van der Waals surface area contributed by atoms with Crippen LogP contribution in [0, 0.1) is 0 Å². The second-order valence-electron chi connectivity index (χ2n) is 5.65. The Morgan fingerprint density at radius 3 is 2.62 bits per heavy atom. The molecule has 1 heterocycles. The Morgan fingerprint density at radius 2 is 2.04 bits per heavy atom. The van der Waals surface area contributed by atoms with Crippen molar-refractivity contribution in [2.24, 2.45) is 5.16 Å². The molecule has 0 aromatic heterocycles. The summed E-state index contributed by atoms with van der Waals surface area (Å²) in [5.41, 5.74) is 0.602. The van der Waals surface area contributed by atoms with E-state index < -0.39 is 10.8 Å². The zero-order valence-corrected chi connectivity index (χ0v) is 15.6. The lowest BCUT2D eigenvalue weighted by Gasteiger charge is -2.26. The van der Waals surface area contributed by atoms with Crippen LogP contribution in [0.25, 0.3) is 0 Å². The van der Waals surface area contributed by atoms with Gasteiger partial charge in [-0.2, -0.15) is 0 Å². The molecule has 1 aromatic carbocycles. The van der Waals surface area contributed by atoms with Crippen LogP contribution < -0.4 is 0 Å². The van der Waals surface area contributed by atoms with Crippen LogP contribution in [0.3, 0.4) is 0 Å². The molecule has 0 aliphatic carbocycles. The van der Waals surface area contributed by atoms with Gasteiger partial charge in [0, 0.05) is 12.6 Å². The molecule has 1 atom stereocenters. The number of ketones is 1. The van der Waals surface area contributed by atoms with E-state index in [9.17, 15) is 9.59 Å². The highest BCUT2D eigenvalue weighted by molar-refractivity contribution is 8.14. The summed E-state index contributed by atoms with van der Waals surface area (Å²) >= 11 is 2.49. The van der Waals surface area contributed by atoms with E-state index >= 15 is 0 Å². The predicted octanol–water partition coefficient (Wildman–Crippen LogP) is 3.79. The number of hydrogen-bond donors (Lipinski definition) is 0. The average molecular weight is 368 g/mol. The monoisotopic (exact) mass is 368 g/mol. The van der Waals surface area contributed by atoms with Gasteiger partial charge in [0.05, 0.1) is 10.7 Å². The normalized spacial score (nSPS) is 19.3. The molecule has 1 amide bonds. The Kier molecular flexibility index (Phi) is 6.31. The van der Waals surface area contributed by atoms with E-state index in [1.807, 2.05) is 25.1 Å². The number of nitrogens with zero attached hydrogens (tertiary/aromatic N) is 2. The summed E-state index contributed by atoms with van der Waals surface area (Å²) in [4.78, 5) is 29.6. The fraction of sp³-hybridized carbons (Fsp3) is 0.438. The Morgan fingerprint density at radius 1 is 1.38 bits per heavy atom. The van der Waals surface area contributed by atoms with Crippen LogP contribution in [-0.4, -0.2) is 45.1 Å². The van der Waals surface area contributed by atoms with Gasteiger partial charge in [-0.05, 0) is 32.7 Å². The smallest absolute Gasteiger partial charge is 0.361 e. The highest BCUT2D eigenvalue weighted by atomic mass is 32.2. The van der Waals surface area contributed by atoms with Crippen LogP contribution >= 0.6 is 23.7 Å². The van der Waals surface area contributed by atoms with Gasteiger partial charge in [-0.15, -0.1) is 0 Å². The van der Waals surface area contributed by atoms with Gasteiger partial charge in [-0.25, -0.2) is 4.79 Å². The van der Waals surface area contributed by atoms with Gasteiger partial charge < -0.3 is 4.74 Å². The summed E-state index contributed by atoms with van der Waals surface area (Å²) in [5.74, 6) is 0.438. The number of rotatable bonds is 5. The molecule has 1 aliphatic rings. The summed E-state index contributed by atoms with van der Waals surface area (Å²) in [6.07, 6.45) is -0.807. The van der Waals surface area contributed by atoms with Gasteiger partial charge in [0.15, 0.2) is 5.78 Å². The molecule has 6 nitrogen and oxygen atoms in total. The lowest BCUT2D eigenvalue weighted by molar-refractivity contribution is 0.0956. The maximum absolute atomic E-state index is 12.6. The van der Waals surface area contributed by atoms with E-state index in [0.717, 1.165) is 11.9 Å². The third kappa shape index (κ3) is 4.75. The molecule has 2 rings (SSSR count). The van der Waals surface area contributed by atoms with Crippen molar-refractivity contribution in [1.29, 1.82) is 0 Å². The fourth-order valence-corrected chi connectivity index (χ4v) is 3.76. The topological polar surface area (TPSA) is 68.2 Å². The molecule has 8 heteroatoms. The first kappa shape index (κ1) is 18.8. The zero-order valence-electron chi connectivity index (χ0n) is 14.0. The molecule has 0 saturated carbocycles. The van der Waals surface area contributed by atoms with Crippen molar-refractivity contribution in [2.75, 3.05) is 13.0 Å². The Balaban J connectivity index is 1.95. The quantitative estimate of drug-likeness (QED) is 0.341. The number of ether oxygens (including phenoxy) is 1. The Labute approximate surface area is 150 Å². The number of thioether (sulfide) groups is 1. The minimum absolute atomic E-state index is 0.0626. The van der Waals surface area contributed by atoms with E-state index in [0.29, 0.717) is 16.5 Å². The Hall–Kier alpha value is -1.51. The van der Waals surface area contributed by atoms with Gasteiger partial charge in [-0.3, -0.25) is 13.9 Å². The molecule has 0 radical (unpaired) electrons. The maximum atomic E-state index is 12.6. The van der Waals surface area contributed by atoms with Crippen molar-refractivity contribution in [2.45, 2.75) is 31.6 Å². The lowest BCUT2D eigenvalue weighted by atomic mass is 10.0.